The van der Waals surface area contributed by atoms with Crippen LogP contribution in [0.5, 0.6) is 0 Å². The minimum absolute atomic E-state index is 0.0510. The zero-order valence-corrected chi connectivity index (χ0v) is 20.1. The number of benzene rings is 1. The molecule has 2 aromatic heterocycles. The molecule has 0 bridgehead atoms. The quantitative estimate of drug-likeness (QED) is 0.270. The van der Waals surface area contributed by atoms with E-state index in [0.29, 0.717) is 22.2 Å². The number of aromatic amines is 1. The number of aromatic nitrogens is 3. The van der Waals surface area contributed by atoms with Gasteiger partial charge in [-0.25, -0.2) is 14.8 Å². The first-order chi connectivity index (χ1) is 17.1. The average Bonchev–Trinajstić information content (AvgIpc) is 3.56. The minimum Gasteiger partial charge on any atom is -0.481 e. The van der Waals surface area contributed by atoms with Crippen molar-refractivity contribution >= 4 is 51.7 Å². The van der Waals surface area contributed by atoms with E-state index < -0.39 is 35.4 Å². The number of aliphatic carboxylic acids is 1. The third-order valence-electron chi connectivity index (χ3n) is 5.45. The average molecular weight is 540 g/mol. The van der Waals surface area contributed by atoms with E-state index >= 15 is 0 Å². The highest BCUT2D eigenvalue weighted by Gasteiger charge is 2.33. The van der Waals surface area contributed by atoms with E-state index in [1.165, 1.54) is 6.20 Å². The van der Waals surface area contributed by atoms with Crippen molar-refractivity contribution in [1.29, 1.82) is 0 Å². The molecule has 9 nitrogen and oxygen atoms in total. The maximum Gasteiger partial charge on any atom is 0.416 e. The number of ketones is 1. The second kappa shape index (κ2) is 10.7. The van der Waals surface area contributed by atoms with Crippen LogP contribution in [0.4, 0.5) is 28.8 Å². The number of nitrogens with one attached hydrogen (secondary N) is 3. The zero-order valence-electron chi connectivity index (χ0n) is 18.5. The van der Waals surface area contributed by atoms with Gasteiger partial charge in [0.2, 0.25) is 0 Å². The van der Waals surface area contributed by atoms with Crippen molar-refractivity contribution in [3.63, 3.8) is 0 Å². The van der Waals surface area contributed by atoms with Gasteiger partial charge in [0.15, 0.2) is 16.1 Å². The van der Waals surface area contributed by atoms with Gasteiger partial charge in [-0.05, 0) is 42.8 Å². The maximum absolute atomic E-state index is 13.3. The number of carbonyl (C=O) groups excluding carboxylic acids is 2. The van der Waals surface area contributed by atoms with Crippen molar-refractivity contribution < 1.29 is 32.7 Å². The molecule has 0 spiro atoms. The molecule has 1 aromatic carbocycles. The molecule has 190 valence electrons. The Hall–Kier alpha value is -3.39. The van der Waals surface area contributed by atoms with E-state index in [1.807, 2.05) is 0 Å². The lowest BCUT2D eigenvalue weighted by Gasteiger charge is -2.16. The monoisotopic (exact) mass is 539 g/mol. The topological polar surface area (TPSA) is 137 Å². The Morgan fingerprint density at radius 3 is 2.58 bits per heavy atom. The fourth-order valence-electron chi connectivity index (χ4n) is 3.81. The van der Waals surface area contributed by atoms with Gasteiger partial charge in [-0.15, -0.1) is 0 Å². The van der Waals surface area contributed by atoms with Crippen LogP contribution in [0.3, 0.4) is 0 Å². The highest BCUT2D eigenvalue weighted by Crippen LogP contribution is 2.37. The van der Waals surface area contributed by atoms with Gasteiger partial charge in [0.05, 0.1) is 27.6 Å². The summed E-state index contributed by atoms with van der Waals surface area (Å²) < 4.78 is 40.4. The highest BCUT2D eigenvalue weighted by atomic mass is 32.2. The van der Waals surface area contributed by atoms with Crippen LogP contribution in [0.15, 0.2) is 40.0 Å². The van der Waals surface area contributed by atoms with Crippen molar-refractivity contribution in [3.8, 4) is 0 Å². The van der Waals surface area contributed by atoms with Crippen LogP contribution >= 0.6 is 23.1 Å². The number of alkyl halides is 3. The summed E-state index contributed by atoms with van der Waals surface area (Å²) in [6, 6.07) is 1.79. The molecular formula is C22H20F3N5O4S2. The van der Waals surface area contributed by atoms with E-state index in [-0.39, 0.29) is 28.5 Å². The van der Waals surface area contributed by atoms with Gasteiger partial charge in [-0.1, -0.05) is 24.2 Å². The summed E-state index contributed by atoms with van der Waals surface area (Å²) in [5, 5.41) is 14.7. The molecule has 0 atom stereocenters. The summed E-state index contributed by atoms with van der Waals surface area (Å²) in [6.45, 7) is 0. The van der Waals surface area contributed by atoms with Crippen molar-refractivity contribution in [1.82, 2.24) is 15.0 Å². The fraction of sp³-hybridized carbons (Fsp3) is 0.318. The number of carboxylic acid groups (broad SMARTS) is 1. The number of nitrogens with zero attached hydrogens (tertiary/aromatic N) is 2. The number of amides is 2. The summed E-state index contributed by atoms with van der Waals surface area (Å²) in [5.41, 5.74) is -1.01. The summed E-state index contributed by atoms with van der Waals surface area (Å²) in [6.07, 6.45) is 0.906. The number of Topliss-reactive ketones (excluding diaryl/α,β-unsaturated/α-hetero) is 1. The van der Waals surface area contributed by atoms with Crippen molar-refractivity contribution in [2.45, 2.75) is 47.6 Å². The molecule has 36 heavy (non-hydrogen) atoms. The van der Waals surface area contributed by atoms with Gasteiger partial charge in [-0.2, -0.15) is 13.2 Å². The van der Waals surface area contributed by atoms with Crippen LogP contribution in [0.2, 0.25) is 0 Å². The maximum atomic E-state index is 13.3. The zero-order chi connectivity index (χ0) is 25.9. The summed E-state index contributed by atoms with van der Waals surface area (Å²) in [7, 11) is 0. The molecule has 2 heterocycles. The van der Waals surface area contributed by atoms with Gasteiger partial charge in [0, 0.05) is 23.9 Å². The number of rotatable bonds is 8. The number of carbonyl (C=O) groups is 3. The molecule has 0 saturated heterocycles. The normalized spacial score (nSPS) is 14.1. The lowest BCUT2D eigenvalue weighted by molar-refractivity contribution is -0.138. The van der Waals surface area contributed by atoms with Gasteiger partial charge < -0.3 is 15.4 Å². The number of hydrogen-bond donors (Lipinski definition) is 4. The lowest BCUT2D eigenvalue weighted by atomic mass is 9.93. The molecule has 4 N–H and O–H groups in total. The molecule has 4 rings (SSSR count). The Morgan fingerprint density at radius 1 is 1.19 bits per heavy atom. The van der Waals surface area contributed by atoms with Crippen LogP contribution in [0.1, 0.15) is 47.3 Å². The van der Waals surface area contributed by atoms with E-state index in [0.717, 1.165) is 54.1 Å². The van der Waals surface area contributed by atoms with Crippen LogP contribution in [-0.2, 0) is 17.4 Å². The fourth-order valence-corrected chi connectivity index (χ4v) is 5.82. The third-order valence-corrected chi connectivity index (χ3v) is 7.60. The minimum atomic E-state index is -4.64. The number of thiazole rings is 1. The van der Waals surface area contributed by atoms with Crippen LogP contribution in [0, 0.1) is 5.92 Å². The van der Waals surface area contributed by atoms with Gasteiger partial charge in [0.1, 0.15) is 0 Å². The molecule has 2 amide bonds. The number of urea groups is 1. The van der Waals surface area contributed by atoms with Gasteiger partial charge in [0.25, 0.3) is 0 Å². The molecule has 3 aromatic rings. The lowest BCUT2D eigenvalue weighted by Crippen LogP contribution is -2.23. The van der Waals surface area contributed by atoms with E-state index in [1.54, 1.807) is 6.20 Å². The standard InChI is InChI=1S/C22H20F3N5O4S2/c23-22(24,25)12-5-6-14(13(9-12)17(33)11-3-1-2-4-11)28-19(34)30-21-29-15(10-16(31)32)18(36-21)35-20-26-7-8-27-20/h5-9,11H,1-4,10H2,(H,26,27)(H,31,32)(H2,28,29,30,34). The molecule has 1 saturated carbocycles. The second-order valence-electron chi connectivity index (χ2n) is 8.00. The number of hydrogen-bond acceptors (Lipinski definition) is 7. The van der Waals surface area contributed by atoms with Crippen LogP contribution in [-0.4, -0.2) is 37.8 Å². The number of H-pyrrole nitrogens is 1. The predicted molar refractivity (Wildman–Crippen MR) is 127 cm³/mol. The first-order valence-corrected chi connectivity index (χ1v) is 12.5. The molecule has 0 aliphatic heterocycles. The number of halogens is 3. The summed E-state index contributed by atoms with van der Waals surface area (Å²) in [4.78, 5) is 48.0. The number of carboxylic acids is 1. The Labute approximate surface area is 210 Å². The first-order valence-electron chi connectivity index (χ1n) is 10.8. The summed E-state index contributed by atoms with van der Waals surface area (Å²) >= 11 is 2.16. The van der Waals surface area contributed by atoms with Crippen molar-refractivity contribution in [2.75, 3.05) is 10.6 Å². The van der Waals surface area contributed by atoms with Gasteiger partial charge >= 0.3 is 18.2 Å². The second-order valence-corrected chi connectivity index (χ2v) is 10.3. The van der Waals surface area contributed by atoms with Crippen LogP contribution < -0.4 is 10.6 Å². The Balaban J connectivity index is 1.55. The number of anilines is 2. The Kier molecular flexibility index (Phi) is 7.64. The smallest absolute Gasteiger partial charge is 0.416 e. The van der Waals surface area contributed by atoms with E-state index in [2.05, 4.69) is 25.6 Å². The van der Waals surface area contributed by atoms with Gasteiger partial charge in [-0.3, -0.25) is 14.9 Å². The predicted octanol–water partition coefficient (Wildman–Crippen LogP) is 5.68. The molecule has 0 radical (unpaired) electrons. The molecule has 1 aliphatic carbocycles. The SMILES string of the molecule is O=C(O)Cc1nc(NC(=O)Nc2ccc(C(F)(F)F)cc2C(=O)C2CCCC2)sc1Sc1ncc[nH]1. The molecule has 0 unspecified atom stereocenters. The Bertz CT molecular complexity index is 1270. The molecule has 1 fully saturated rings. The van der Waals surface area contributed by atoms with Crippen LogP contribution in [0.25, 0.3) is 0 Å². The largest absolute Gasteiger partial charge is 0.481 e. The Morgan fingerprint density at radius 2 is 1.94 bits per heavy atom. The number of imidazole rings is 1. The molecule has 14 heteroatoms. The third kappa shape index (κ3) is 6.23. The first kappa shape index (κ1) is 25.7. The highest BCUT2D eigenvalue weighted by molar-refractivity contribution is 8.01. The van der Waals surface area contributed by atoms with E-state index in [4.69, 9.17) is 0 Å². The van der Waals surface area contributed by atoms with Crippen molar-refractivity contribution in [2.24, 2.45) is 5.92 Å². The molecular weight excluding hydrogens is 519 g/mol. The van der Waals surface area contributed by atoms with Crippen molar-refractivity contribution in [3.05, 3.63) is 47.4 Å². The summed E-state index contributed by atoms with van der Waals surface area (Å²) in [5.74, 6) is -1.95. The van der Waals surface area contributed by atoms with E-state index in [9.17, 15) is 32.7 Å². The molecule has 1 aliphatic rings.